The third-order valence-corrected chi connectivity index (χ3v) is 4.35. The molecule has 0 aliphatic rings. The van der Waals surface area contributed by atoms with E-state index in [-0.39, 0.29) is 5.91 Å². The molecular weight excluding hydrogens is 320 g/mol. The molecule has 0 bridgehead atoms. The van der Waals surface area contributed by atoms with Gasteiger partial charge in [-0.15, -0.1) is 0 Å². The Kier molecular flexibility index (Phi) is 6.05. The zero-order valence-corrected chi connectivity index (χ0v) is 15.1. The van der Waals surface area contributed by atoms with Crippen LogP contribution in [0.4, 0.5) is 11.4 Å². The zero-order chi connectivity index (χ0) is 18.2. The predicted molar refractivity (Wildman–Crippen MR) is 108 cm³/mol. The minimum absolute atomic E-state index is 0.0958. The van der Waals surface area contributed by atoms with E-state index in [1.807, 2.05) is 78.6 Å². The van der Waals surface area contributed by atoms with E-state index < -0.39 is 0 Å². The average molecular weight is 344 g/mol. The molecule has 0 aliphatic heterocycles. The number of hydrogen-bond donors (Lipinski definition) is 0. The van der Waals surface area contributed by atoms with Crippen LogP contribution in [-0.4, -0.2) is 19.0 Å². The lowest BCUT2D eigenvalue weighted by Crippen LogP contribution is -2.40. The summed E-state index contributed by atoms with van der Waals surface area (Å²) in [6.45, 7) is 3.69. The Balaban J connectivity index is 1.81. The highest BCUT2D eigenvalue weighted by atomic mass is 16.2. The standard InChI is InChI=1S/C23H24N2O/c1-2-25(22-16-10-5-11-17-22)23(26)19-24(21-14-8-4-9-15-21)18-20-12-6-3-7-13-20/h3-17H,2,18-19H2,1H3. The zero-order valence-electron chi connectivity index (χ0n) is 15.1. The lowest BCUT2D eigenvalue weighted by atomic mass is 10.2. The van der Waals surface area contributed by atoms with Crippen LogP contribution in [0.25, 0.3) is 0 Å². The van der Waals surface area contributed by atoms with E-state index in [1.54, 1.807) is 0 Å². The predicted octanol–water partition coefficient (Wildman–Crippen LogP) is 4.75. The molecule has 0 spiro atoms. The lowest BCUT2D eigenvalue weighted by Gasteiger charge is -2.28. The van der Waals surface area contributed by atoms with Crippen LogP contribution in [0.2, 0.25) is 0 Å². The third kappa shape index (κ3) is 4.51. The van der Waals surface area contributed by atoms with Crippen molar-refractivity contribution in [3.05, 3.63) is 96.6 Å². The summed E-state index contributed by atoms with van der Waals surface area (Å²) in [5, 5.41) is 0. The van der Waals surface area contributed by atoms with Crippen LogP contribution in [-0.2, 0) is 11.3 Å². The van der Waals surface area contributed by atoms with E-state index in [1.165, 1.54) is 5.56 Å². The maximum absolute atomic E-state index is 13.0. The second-order valence-corrected chi connectivity index (χ2v) is 6.15. The molecule has 3 nitrogen and oxygen atoms in total. The number of para-hydroxylation sites is 2. The fourth-order valence-electron chi connectivity index (χ4n) is 3.04. The molecular formula is C23H24N2O. The van der Waals surface area contributed by atoms with Gasteiger partial charge >= 0.3 is 0 Å². The highest BCUT2D eigenvalue weighted by Gasteiger charge is 2.18. The third-order valence-electron chi connectivity index (χ3n) is 4.35. The van der Waals surface area contributed by atoms with Gasteiger partial charge in [-0.2, -0.15) is 0 Å². The molecule has 0 heterocycles. The number of likely N-dealkylation sites (N-methyl/N-ethyl adjacent to an activating group) is 1. The van der Waals surface area contributed by atoms with Crippen molar-refractivity contribution in [3.63, 3.8) is 0 Å². The number of benzene rings is 3. The van der Waals surface area contributed by atoms with Crippen LogP contribution in [0.5, 0.6) is 0 Å². The minimum atomic E-state index is 0.0958. The number of carbonyl (C=O) groups is 1. The number of anilines is 2. The first-order chi connectivity index (χ1) is 12.8. The van der Waals surface area contributed by atoms with Gasteiger partial charge in [0.25, 0.3) is 0 Å². The monoisotopic (exact) mass is 344 g/mol. The smallest absolute Gasteiger partial charge is 0.246 e. The lowest BCUT2D eigenvalue weighted by molar-refractivity contribution is -0.117. The molecule has 0 saturated heterocycles. The van der Waals surface area contributed by atoms with Crippen molar-refractivity contribution in [2.24, 2.45) is 0 Å². The van der Waals surface area contributed by atoms with Crippen molar-refractivity contribution < 1.29 is 4.79 Å². The molecule has 0 N–H and O–H groups in total. The molecule has 132 valence electrons. The Bertz CT molecular complexity index is 803. The fourth-order valence-corrected chi connectivity index (χ4v) is 3.04. The molecule has 0 atom stereocenters. The van der Waals surface area contributed by atoms with E-state index >= 15 is 0 Å². The molecule has 0 saturated carbocycles. The Hall–Kier alpha value is -3.07. The average Bonchev–Trinajstić information content (AvgIpc) is 2.70. The van der Waals surface area contributed by atoms with Gasteiger partial charge < -0.3 is 9.80 Å². The Morgan fingerprint density at radius 3 is 1.77 bits per heavy atom. The van der Waals surface area contributed by atoms with Crippen molar-refractivity contribution in [1.82, 2.24) is 0 Å². The number of rotatable bonds is 7. The van der Waals surface area contributed by atoms with E-state index in [0.717, 1.165) is 11.4 Å². The number of amides is 1. The number of carbonyl (C=O) groups excluding carboxylic acids is 1. The van der Waals surface area contributed by atoms with Crippen LogP contribution in [0.1, 0.15) is 12.5 Å². The summed E-state index contributed by atoms with van der Waals surface area (Å²) in [4.78, 5) is 17.0. The molecule has 0 unspecified atom stereocenters. The Morgan fingerprint density at radius 1 is 0.731 bits per heavy atom. The van der Waals surface area contributed by atoms with Crippen molar-refractivity contribution in [1.29, 1.82) is 0 Å². The Morgan fingerprint density at radius 2 is 1.23 bits per heavy atom. The largest absolute Gasteiger partial charge is 0.358 e. The summed E-state index contributed by atoms with van der Waals surface area (Å²) in [5.74, 6) is 0.0958. The van der Waals surface area contributed by atoms with Crippen molar-refractivity contribution in [2.45, 2.75) is 13.5 Å². The summed E-state index contributed by atoms with van der Waals surface area (Å²) in [6.07, 6.45) is 0. The summed E-state index contributed by atoms with van der Waals surface area (Å²) in [7, 11) is 0. The van der Waals surface area contributed by atoms with Gasteiger partial charge in [-0.05, 0) is 36.8 Å². The first-order valence-electron chi connectivity index (χ1n) is 8.97. The molecule has 3 aromatic rings. The summed E-state index contributed by atoms with van der Waals surface area (Å²) < 4.78 is 0. The maximum atomic E-state index is 13.0. The fraction of sp³-hybridized carbons (Fsp3) is 0.174. The van der Waals surface area contributed by atoms with Crippen LogP contribution >= 0.6 is 0 Å². The van der Waals surface area contributed by atoms with Gasteiger partial charge in [-0.3, -0.25) is 4.79 Å². The minimum Gasteiger partial charge on any atom is -0.358 e. The first kappa shape index (κ1) is 17.7. The van der Waals surface area contributed by atoms with Gasteiger partial charge in [0.15, 0.2) is 0 Å². The van der Waals surface area contributed by atoms with Gasteiger partial charge in [0.1, 0.15) is 0 Å². The quantitative estimate of drug-likeness (QED) is 0.618. The van der Waals surface area contributed by atoms with Crippen LogP contribution in [0.15, 0.2) is 91.0 Å². The highest BCUT2D eigenvalue weighted by molar-refractivity contribution is 5.96. The van der Waals surface area contributed by atoms with Crippen LogP contribution in [0.3, 0.4) is 0 Å². The molecule has 0 radical (unpaired) electrons. The number of hydrogen-bond acceptors (Lipinski definition) is 2. The molecule has 0 aliphatic carbocycles. The van der Waals surface area contributed by atoms with Gasteiger partial charge in [0.2, 0.25) is 5.91 Å². The first-order valence-corrected chi connectivity index (χ1v) is 8.97. The van der Waals surface area contributed by atoms with Crippen molar-refractivity contribution >= 4 is 17.3 Å². The molecule has 0 fully saturated rings. The molecule has 26 heavy (non-hydrogen) atoms. The summed E-state index contributed by atoms with van der Waals surface area (Å²) >= 11 is 0. The number of nitrogens with zero attached hydrogens (tertiary/aromatic N) is 2. The van der Waals surface area contributed by atoms with Crippen LogP contribution in [0, 0.1) is 0 Å². The van der Waals surface area contributed by atoms with Gasteiger partial charge in [-0.1, -0.05) is 66.7 Å². The normalized spacial score (nSPS) is 10.3. The van der Waals surface area contributed by atoms with Crippen molar-refractivity contribution in [3.8, 4) is 0 Å². The molecule has 3 heteroatoms. The maximum Gasteiger partial charge on any atom is 0.246 e. The van der Waals surface area contributed by atoms with Crippen LogP contribution < -0.4 is 9.80 Å². The molecule has 3 aromatic carbocycles. The SMILES string of the molecule is CCN(C(=O)CN(Cc1ccccc1)c1ccccc1)c1ccccc1. The van der Waals surface area contributed by atoms with Gasteiger partial charge in [0, 0.05) is 24.5 Å². The highest BCUT2D eigenvalue weighted by Crippen LogP contribution is 2.19. The van der Waals surface area contributed by atoms with Gasteiger partial charge in [0.05, 0.1) is 6.54 Å². The van der Waals surface area contributed by atoms with Crippen molar-refractivity contribution in [2.75, 3.05) is 22.9 Å². The molecule has 0 aromatic heterocycles. The van der Waals surface area contributed by atoms with E-state index in [4.69, 9.17) is 0 Å². The summed E-state index contributed by atoms with van der Waals surface area (Å²) in [6, 6.07) is 30.2. The second-order valence-electron chi connectivity index (χ2n) is 6.15. The van der Waals surface area contributed by atoms with E-state index in [9.17, 15) is 4.79 Å². The topological polar surface area (TPSA) is 23.6 Å². The second kappa shape index (κ2) is 8.86. The summed E-state index contributed by atoms with van der Waals surface area (Å²) in [5.41, 5.74) is 3.17. The molecule has 3 rings (SSSR count). The van der Waals surface area contributed by atoms with E-state index in [0.29, 0.717) is 19.6 Å². The molecule has 1 amide bonds. The van der Waals surface area contributed by atoms with Gasteiger partial charge in [-0.25, -0.2) is 0 Å². The Labute approximate surface area is 155 Å². The van der Waals surface area contributed by atoms with E-state index in [2.05, 4.69) is 29.2 Å².